The Balaban J connectivity index is 1.63. The van der Waals surface area contributed by atoms with Crippen molar-refractivity contribution in [3.63, 3.8) is 0 Å². The van der Waals surface area contributed by atoms with Crippen molar-refractivity contribution in [1.29, 1.82) is 0 Å². The molecule has 1 aliphatic rings. The van der Waals surface area contributed by atoms with E-state index in [-0.39, 0.29) is 11.6 Å². The molecular weight excluding hydrogens is 360 g/mol. The molecule has 6 nitrogen and oxygen atoms in total. The van der Waals surface area contributed by atoms with Gasteiger partial charge in [0.2, 0.25) is 0 Å². The van der Waals surface area contributed by atoms with E-state index >= 15 is 0 Å². The van der Waals surface area contributed by atoms with E-state index in [0.29, 0.717) is 23.8 Å². The van der Waals surface area contributed by atoms with Gasteiger partial charge >= 0.3 is 5.97 Å². The Morgan fingerprint density at radius 3 is 2.88 bits per heavy atom. The van der Waals surface area contributed by atoms with Crippen molar-refractivity contribution >= 4 is 27.3 Å². The molecule has 0 aliphatic carbocycles. The van der Waals surface area contributed by atoms with Crippen LogP contribution in [-0.4, -0.2) is 42.9 Å². The van der Waals surface area contributed by atoms with Crippen molar-refractivity contribution in [1.82, 2.24) is 9.62 Å². The third kappa shape index (κ3) is 4.27. The molecule has 1 aromatic heterocycles. The summed E-state index contributed by atoms with van der Waals surface area (Å²) in [6, 6.07) is 10.2. The Morgan fingerprint density at radius 1 is 1.32 bits per heavy atom. The Kier molecular flexibility index (Phi) is 5.53. The zero-order valence-corrected chi connectivity index (χ0v) is 15.2. The highest BCUT2D eigenvalue weighted by atomic mass is 32.2. The van der Waals surface area contributed by atoms with Gasteiger partial charge in [-0.1, -0.05) is 18.2 Å². The summed E-state index contributed by atoms with van der Waals surface area (Å²) in [5, 5.41) is 14.2. The molecule has 134 valence electrons. The molecule has 0 unspecified atom stereocenters. The lowest BCUT2D eigenvalue weighted by Crippen LogP contribution is -2.47. The minimum Gasteiger partial charge on any atom is -0.478 e. The first-order valence-corrected chi connectivity index (χ1v) is 10.4. The number of hydrogen-bond acceptors (Lipinski definition) is 5. The number of carboxylic acid groups (broad SMARTS) is 1. The minimum absolute atomic E-state index is 0.0528. The smallest absolute Gasteiger partial charge is 0.335 e. The molecule has 8 heteroatoms. The number of thiophene rings is 1. The van der Waals surface area contributed by atoms with E-state index in [9.17, 15) is 13.2 Å². The van der Waals surface area contributed by atoms with Crippen molar-refractivity contribution in [2.24, 2.45) is 0 Å². The van der Waals surface area contributed by atoms with Gasteiger partial charge in [-0.3, -0.25) is 0 Å². The number of hydrogen-bond donors (Lipinski definition) is 2. The van der Waals surface area contributed by atoms with Crippen LogP contribution in [0.3, 0.4) is 0 Å². The molecule has 0 radical (unpaired) electrons. The van der Waals surface area contributed by atoms with Gasteiger partial charge in [0.15, 0.2) is 0 Å². The fourth-order valence-electron chi connectivity index (χ4n) is 2.94. The summed E-state index contributed by atoms with van der Waals surface area (Å²) in [5.74, 6) is -0.951. The monoisotopic (exact) mass is 380 g/mol. The van der Waals surface area contributed by atoms with Crippen LogP contribution in [0.2, 0.25) is 0 Å². The lowest BCUT2D eigenvalue weighted by molar-refractivity contribution is 0.0696. The van der Waals surface area contributed by atoms with Gasteiger partial charge in [0.1, 0.15) is 4.21 Å². The largest absolute Gasteiger partial charge is 0.478 e. The highest BCUT2D eigenvalue weighted by Crippen LogP contribution is 2.24. The molecule has 1 aromatic carbocycles. The van der Waals surface area contributed by atoms with Gasteiger partial charge in [0.05, 0.1) is 5.56 Å². The summed E-state index contributed by atoms with van der Waals surface area (Å²) in [6.07, 6.45) is 1.70. The number of benzene rings is 1. The molecule has 2 aromatic rings. The SMILES string of the molecule is O=C(O)c1cccc(CN[C@@H]2CCCN(S(=O)(=O)c3cccs3)C2)c1. The molecule has 0 saturated carbocycles. The van der Waals surface area contributed by atoms with E-state index in [1.165, 1.54) is 15.6 Å². The van der Waals surface area contributed by atoms with Gasteiger partial charge in [-0.05, 0) is 42.0 Å². The van der Waals surface area contributed by atoms with Gasteiger partial charge < -0.3 is 10.4 Å². The molecule has 0 amide bonds. The number of carboxylic acids is 1. The normalized spacial score (nSPS) is 19.0. The molecule has 3 rings (SSSR count). The third-order valence-corrected chi connectivity index (χ3v) is 7.48. The zero-order valence-electron chi connectivity index (χ0n) is 13.6. The van der Waals surface area contributed by atoms with Crippen LogP contribution in [0.4, 0.5) is 0 Å². The second-order valence-corrected chi connectivity index (χ2v) is 9.13. The maximum absolute atomic E-state index is 12.6. The van der Waals surface area contributed by atoms with E-state index in [1.807, 2.05) is 6.07 Å². The van der Waals surface area contributed by atoms with Crippen LogP contribution < -0.4 is 5.32 Å². The summed E-state index contributed by atoms with van der Waals surface area (Å²) in [6.45, 7) is 1.48. The van der Waals surface area contributed by atoms with E-state index in [1.54, 1.807) is 35.7 Å². The number of sulfonamides is 1. The van der Waals surface area contributed by atoms with Crippen LogP contribution in [-0.2, 0) is 16.6 Å². The standard InChI is InChI=1S/C17H20N2O4S2/c20-17(21)14-5-1-4-13(10-14)11-18-15-6-2-8-19(12-15)25(22,23)16-7-3-9-24-16/h1,3-5,7,9-10,15,18H,2,6,8,11-12H2,(H,20,21)/t15-/m1/s1. The summed E-state index contributed by atoms with van der Waals surface area (Å²) in [4.78, 5) is 11.0. The first-order valence-electron chi connectivity index (χ1n) is 8.06. The number of piperidine rings is 1. The van der Waals surface area contributed by atoms with Crippen molar-refractivity contribution in [3.05, 3.63) is 52.9 Å². The minimum atomic E-state index is -3.42. The van der Waals surface area contributed by atoms with Crippen LogP contribution in [0.1, 0.15) is 28.8 Å². The summed E-state index contributed by atoms with van der Waals surface area (Å²) >= 11 is 1.23. The quantitative estimate of drug-likeness (QED) is 0.804. The highest BCUT2D eigenvalue weighted by Gasteiger charge is 2.30. The zero-order chi connectivity index (χ0) is 17.9. The van der Waals surface area contributed by atoms with Gasteiger partial charge in [-0.15, -0.1) is 11.3 Å². The maximum Gasteiger partial charge on any atom is 0.335 e. The van der Waals surface area contributed by atoms with E-state index in [2.05, 4.69) is 5.32 Å². The second kappa shape index (κ2) is 7.65. The lowest BCUT2D eigenvalue weighted by Gasteiger charge is -2.32. The Bertz CT molecular complexity index is 834. The predicted molar refractivity (Wildman–Crippen MR) is 96.3 cm³/mol. The number of carbonyl (C=O) groups is 1. The average Bonchev–Trinajstić information content (AvgIpc) is 3.16. The second-order valence-electron chi connectivity index (χ2n) is 6.02. The number of nitrogens with zero attached hydrogens (tertiary/aromatic N) is 1. The fraction of sp³-hybridized carbons (Fsp3) is 0.353. The topological polar surface area (TPSA) is 86.7 Å². The van der Waals surface area contributed by atoms with Crippen molar-refractivity contribution in [3.8, 4) is 0 Å². The Hall–Kier alpha value is -1.74. The van der Waals surface area contributed by atoms with Crippen LogP contribution in [0.25, 0.3) is 0 Å². The molecule has 1 fully saturated rings. The molecule has 1 saturated heterocycles. The predicted octanol–water partition coefficient (Wildman–Crippen LogP) is 2.39. The van der Waals surface area contributed by atoms with Crippen LogP contribution in [0.15, 0.2) is 46.0 Å². The average molecular weight is 380 g/mol. The van der Waals surface area contributed by atoms with E-state index < -0.39 is 16.0 Å². The van der Waals surface area contributed by atoms with Gasteiger partial charge in [-0.25, -0.2) is 13.2 Å². The van der Waals surface area contributed by atoms with Gasteiger partial charge in [-0.2, -0.15) is 4.31 Å². The molecular formula is C17H20N2O4S2. The number of nitrogens with one attached hydrogen (secondary N) is 1. The van der Waals surface area contributed by atoms with Crippen molar-refractivity contribution in [2.75, 3.05) is 13.1 Å². The molecule has 2 N–H and O–H groups in total. The first kappa shape index (κ1) is 18.1. The number of aromatic carboxylic acids is 1. The summed E-state index contributed by atoms with van der Waals surface area (Å²) < 4.78 is 27.2. The van der Waals surface area contributed by atoms with Crippen LogP contribution >= 0.6 is 11.3 Å². The fourth-order valence-corrected chi connectivity index (χ4v) is 5.61. The lowest BCUT2D eigenvalue weighted by atomic mass is 10.1. The number of rotatable bonds is 6. The molecule has 0 spiro atoms. The van der Waals surface area contributed by atoms with E-state index in [0.717, 1.165) is 18.4 Å². The molecule has 1 atom stereocenters. The third-order valence-electron chi connectivity index (χ3n) is 4.24. The first-order chi connectivity index (χ1) is 12.0. The molecule has 2 heterocycles. The molecule has 25 heavy (non-hydrogen) atoms. The van der Waals surface area contributed by atoms with Crippen molar-refractivity contribution < 1.29 is 18.3 Å². The molecule has 1 aliphatic heterocycles. The van der Waals surface area contributed by atoms with Gasteiger partial charge in [0.25, 0.3) is 10.0 Å². The summed E-state index contributed by atoms with van der Waals surface area (Å²) in [5.41, 5.74) is 1.13. The van der Waals surface area contributed by atoms with Gasteiger partial charge in [0, 0.05) is 25.7 Å². The Labute approximate surface area is 151 Å². The van der Waals surface area contributed by atoms with Crippen LogP contribution in [0.5, 0.6) is 0 Å². The maximum atomic E-state index is 12.6. The van der Waals surface area contributed by atoms with Crippen molar-refractivity contribution in [2.45, 2.75) is 29.6 Å². The van der Waals surface area contributed by atoms with Crippen LogP contribution in [0, 0.1) is 0 Å². The Morgan fingerprint density at radius 2 is 2.16 bits per heavy atom. The highest BCUT2D eigenvalue weighted by molar-refractivity contribution is 7.91. The summed E-state index contributed by atoms with van der Waals surface area (Å²) in [7, 11) is -3.42. The molecule has 0 bridgehead atoms. The van der Waals surface area contributed by atoms with E-state index in [4.69, 9.17) is 5.11 Å².